The number of hydrogen-bond donors (Lipinski definition) is 0. The number of rotatable bonds is 3. The fourth-order valence-corrected chi connectivity index (χ4v) is 1.86. The van der Waals surface area contributed by atoms with Gasteiger partial charge in [0.2, 0.25) is 0 Å². The molecule has 0 saturated heterocycles. The maximum atomic E-state index is 11.7. The monoisotopic (exact) mass is 208 g/mol. The first-order valence-corrected chi connectivity index (χ1v) is 5.88. The van der Waals surface area contributed by atoms with Crippen LogP contribution in [0.5, 0.6) is 0 Å². The van der Waals surface area contributed by atoms with E-state index in [1.807, 2.05) is 6.92 Å². The zero-order valence-electron chi connectivity index (χ0n) is 9.34. The summed E-state index contributed by atoms with van der Waals surface area (Å²) in [6.45, 7) is 10.4. The predicted octanol–water partition coefficient (Wildman–Crippen LogP) is 2.32. The van der Waals surface area contributed by atoms with Crippen molar-refractivity contribution in [2.75, 3.05) is 0 Å². The van der Waals surface area contributed by atoms with Crippen molar-refractivity contribution in [2.24, 2.45) is 0 Å². The Morgan fingerprint density at radius 3 is 1.69 bits per heavy atom. The lowest BCUT2D eigenvalue weighted by molar-refractivity contribution is 0.133. The van der Waals surface area contributed by atoms with Crippen LogP contribution in [-0.4, -0.2) is 18.8 Å². The summed E-state index contributed by atoms with van der Waals surface area (Å²) in [5.74, 6) is 0. The highest BCUT2D eigenvalue weighted by molar-refractivity contribution is 7.88. The summed E-state index contributed by atoms with van der Waals surface area (Å²) in [7, 11) is -3.47. The highest BCUT2D eigenvalue weighted by atomic mass is 32.2. The molecular weight excluding hydrogens is 188 g/mol. The van der Waals surface area contributed by atoms with Crippen molar-refractivity contribution in [2.45, 2.75) is 58.3 Å². The van der Waals surface area contributed by atoms with E-state index in [1.165, 1.54) is 0 Å². The molecule has 0 saturated carbocycles. The molecule has 0 atom stereocenters. The first-order valence-electron chi connectivity index (χ1n) is 4.47. The van der Waals surface area contributed by atoms with Gasteiger partial charge in [-0.1, -0.05) is 6.92 Å². The molecule has 4 heteroatoms. The van der Waals surface area contributed by atoms with Crippen molar-refractivity contribution in [1.29, 1.82) is 0 Å². The van der Waals surface area contributed by atoms with Crippen LogP contribution in [0.3, 0.4) is 0 Å². The van der Waals surface area contributed by atoms with E-state index in [2.05, 4.69) is 0 Å². The second-order valence-corrected chi connectivity index (χ2v) is 6.94. The summed E-state index contributed by atoms with van der Waals surface area (Å²) < 4.78 is 27.6. The zero-order valence-corrected chi connectivity index (χ0v) is 10.2. The second kappa shape index (κ2) is 3.58. The van der Waals surface area contributed by atoms with Crippen LogP contribution in [0.25, 0.3) is 0 Å². The van der Waals surface area contributed by atoms with E-state index in [1.54, 1.807) is 34.6 Å². The van der Waals surface area contributed by atoms with Gasteiger partial charge in [-0.25, -0.2) is 0 Å². The summed E-state index contributed by atoms with van der Waals surface area (Å²) in [4.78, 5) is 0. The zero-order chi connectivity index (χ0) is 10.9. The molecule has 0 aliphatic carbocycles. The summed E-state index contributed by atoms with van der Waals surface area (Å²) in [6.07, 6.45) is 0.547. The Labute approximate surface area is 81.6 Å². The van der Waals surface area contributed by atoms with Crippen molar-refractivity contribution in [3.05, 3.63) is 0 Å². The van der Waals surface area contributed by atoms with Gasteiger partial charge in [0.25, 0.3) is 10.1 Å². The summed E-state index contributed by atoms with van der Waals surface area (Å²) in [5.41, 5.74) is -0.648. The van der Waals surface area contributed by atoms with Crippen LogP contribution in [0.4, 0.5) is 0 Å². The molecule has 13 heavy (non-hydrogen) atoms. The molecule has 80 valence electrons. The molecular formula is C9H20O3S. The Morgan fingerprint density at radius 2 is 1.46 bits per heavy atom. The third-order valence-corrected chi connectivity index (χ3v) is 4.25. The average molecular weight is 208 g/mol. The van der Waals surface area contributed by atoms with Crippen LogP contribution < -0.4 is 0 Å². The fraction of sp³-hybridized carbons (Fsp3) is 1.00. The maximum absolute atomic E-state index is 11.7. The Hall–Kier alpha value is -0.0900. The lowest BCUT2D eigenvalue weighted by Crippen LogP contribution is -2.37. The first-order chi connectivity index (χ1) is 5.52. The minimum atomic E-state index is -3.47. The standard InChI is InChI=1S/C9H20O3S/c1-7-9(5,6)13(10,11)12-8(2,3)4/h7H2,1-6H3. The normalized spacial score (nSPS) is 14.6. The van der Waals surface area contributed by atoms with Gasteiger partial charge in [-0.2, -0.15) is 8.42 Å². The predicted molar refractivity (Wildman–Crippen MR) is 54.1 cm³/mol. The van der Waals surface area contributed by atoms with Crippen LogP contribution in [0.15, 0.2) is 0 Å². The van der Waals surface area contributed by atoms with Crippen molar-refractivity contribution >= 4 is 10.1 Å². The van der Waals surface area contributed by atoms with E-state index < -0.39 is 20.5 Å². The van der Waals surface area contributed by atoms with Crippen LogP contribution in [0.1, 0.15) is 48.0 Å². The van der Waals surface area contributed by atoms with E-state index in [9.17, 15) is 8.42 Å². The molecule has 3 nitrogen and oxygen atoms in total. The molecule has 0 bridgehead atoms. The second-order valence-electron chi connectivity index (χ2n) is 4.76. The van der Waals surface area contributed by atoms with Crippen LogP contribution >= 0.6 is 0 Å². The molecule has 0 amide bonds. The molecule has 0 aliphatic rings. The molecule has 0 unspecified atom stereocenters. The van der Waals surface area contributed by atoms with Gasteiger partial charge in [0.05, 0.1) is 10.3 Å². The fourth-order valence-electron chi connectivity index (χ4n) is 0.619. The van der Waals surface area contributed by atoms with Gasteiger partial charge in [-0.15, -0.1) is 0 Å². The quantitative estimate of drug-likeness (QED) is 0.668. The van der Waals surface area contributed by atoms with Gasteiger partial charge in [-0.05, 0) is 41.0 Å². The molecule has 0 aromatic carbocycles. The highest BCUT2D eigenvalue weighted by Gasteiger charge is 2.36. The summed E-state index contributed by atoms with van der Waals surface area (Å²) in [6, 6.07) is 0. The van der Waals surface area contributed by atoms with Gasteiger partial charge in [0.1, 0.15) is 0 Å². The van der Waals surface area contributed by atoms with E-state index in [0.717, 1.165) is 0 Å². The topological polar surface area (TPSA) is 43.4 Å². The molecule has 0 fully saturated rings. The van der Waals surface area contributed by atoms with Gasteiger partial charge in [0, 0.05) is 0 Å². The van der Waals surface area contributed by atoms with Gasteiger partial charge < -0.3 is 0 Å². The van der Waals surface area contributed by atoms with Crippen molar-refractivity contribution in [1.82, 2.24) is 0 Å². The molecule has 0 N–H and O–H groups in total. The SMILES string of the molecule is CCC(C)(C)S(=O)(=O)OC(C)(C)C. The first kappa shape index (κ1) is 12.9. The summed E-state index contributed by atoms with van der Waals surface area (Å²) >= 11 is 0. The number of hydrogen-bond acceptors (Lipinski definition) is 3. The Kier molecular flexibility index (Phi) is 3.55. The Morgan fingerprint density at radius 1 is 1.08 bits per heavy atom. The van der Waals surface area contributed by atoms with E-state index in [0.29, 0.717) is 6.42 Å². The van der Waals surface area contributed by atoms with Crippen molar-refractivity contribution < 1.29 is 12.6 Å². The van der Waals surface area contributed by atoms with Crippen LogP contribution in [0, 0.1) is 0 Å². The van der Waals surface area contributed by atoms with E-state index in [4.69, 9.17) is 4.18 Å². The van der Waals surface area contributed by atoms with Crippen molar-refractivity contribution in [3.8, 4) is 0 Å². The Bertz CT molecular complexity index is 257. The van der Waals surface area contributed by atoms with Gasteiger partial charge in [-0.3, -0.25) is 4.18 Å². The third-order valence-electron chi connectivity index (χ3n) is 1.89. The lowest BCUT2D eigenvalue weighted by Gasteiger charge is -2.27. The smallest absolute Gasteiger partial charge is 0.264 e. The summed E-state index contributed by atoms with van der Waals surface area (Å²) in [5, 5.41) is 0. The van der Waals surface area contributed by atoms with Gasteiger partial charge >= 0.3 is 0 Å². The van der Waals surface area contributed by atoms with Gasteiger partial charge in [0.15, 0.2) is 0 Å². The van der Waals surface area contributed by atoms with Crippen LogP contribution in [-0.2, 0) is 14.3 Å². The third kappa shape index (κ3) is 3.65. The van der Waals surface area contributed by atoms with Crippen LogP contribution in [0.2, 0.25) is 0 Å². The molecule has 0 rings (SSSR count). The lowest BCUT2D eigenvalue weighted by atomic mass is 10.1. The minimum absolute atomic E-state index is 0.547. The minimum Gasteiger partial charge on any atom is -0.264 e. The molecule has 0 aromatic heterocycles. The van der Waals surface area contributed by atoms with Crippen molar-refractivity contribution in [3.63, 3.8) is 0 Å². The maximum Gasteiger partial charge on any atom is 0.273 e. The molecule has 0 spiro atoms. The highest BCUT2D eigenvalue weighted by Crippen LogP contribution is 2.26. The van der Waals surface area contributed by atoms with E-state index >= 15 is 0 Å². The molecule has 0 heterocycles. The molecule has 0 aromatic rings. The largest absolute Gasteiger partial charge is 0.273 e. The van der Waals surface area contributed by atoms with E-state index in [-0.39, 0.29) is 0 Å². The molecule has 0 aliphatic heterocycles. The Balaban J connectivity index is 4.81. The molecule has 0 radical (unpaired) electrons. The average Bonchev–Trinajstić information content (AvgIpc) is 1.81.